The molecule has 0 bridgehead atoms. The predicted molar refractivity (Wildman–Crippen MR) is 71.8 cm³/mol. The number of ether oxygens (including phenoxy) is 1. The van der Waals surface area contributed by atoms with Crippen LogP contribution in [0.3, 0.4) is 0 Å². The molecule has 0 saturated heterocycles. The topological polar surface area (TPSA) is 21.3 Å². The lowest BCUT2D eigenvalue weighted by Crippen LogP contribution is -2.28. The van der Waals surface area contributed by atoms with Crippen molar-refractivity contribution in [3.63, 3.8) is 0 Å². The average molecular weight is 287 g/mol. The number of hydrogen-bond donors (Lipinski definition) is 1. The molecular weight excluding hydrogens is 267 g/mol. The van der Waals surface area contributed by atoms with Gasteiger partial charge >= 0.3 is 6.18 Å². The summed E-state index contributed by atoms with van der Waals surface area (Å²) in [5.41, 5.74) is 2.15. The first-order chi connectivity index (χ1) is 9.46. The van der Waals surface area contributed by atoms with E-state index in [4.69, 9.17) is 4.74 Å². The molecule has 2 rings (SSSR count). The lowest BCUT2D eigenvalue weighted by molar-refractivity contribution is -0.174. The van der Waals surface area contributed by atoms with Crippen LogP contribution in [0.1, 0.15) is 29.9 Å². The van der Waals surface area contributed by atoms with Gasteiger partial charge in [-0.05, 0) is 30.9 Å². The van der Waals surface area contributed by atoms with Crippen molar-refractivity contribution >= 4 is 0 Å². The van der Waals surface area contributed by atoms with Crippen molar-refractivity contribution in [2.75, 3.05) is 19.8 Å². The quantitative estimate of drug-likeness (QED) is 0.830. The summed E-state index contributed by atoms with van der Waals surface area (Å²) in [5, 5.41) is 3.37. The summed E-state index contributed by atoms with van der Waals surface area (Å²) >= 11 is 0. The SMILES string of the molecule is Cc1ccccc1C(CNC1CC1)COCC(F)(F)F. The van der Waals surface area contributed by atoms with E-state index in [1.54, 1.807) is 0 Å². The molecule has 1 unspecified atom stereocenters. The fourth-order valence-corrected chi connectivity index (χ4v) is 2.22. The highest BCUT2D eigenvalue weighted by Crippen LogP contribution is 2.24. The highest BCUT2D eigenvalue weighted by atomic mass is 19.4. The number of halogens is 3. The Bertz CT molecular complexity index is 429. The summed E-state index contributed by atoms with van der Waals surface area (Å²) in [6.45, 7) is 1.54. The molecule has 20 heavy (non-hydrogen) atoms. The average Bonchev–Trinajstić information content (AvgIpc) is 3.17. The van der Waals surface area contributed by atoms with Gasteiger partial charge < -0.3 is 10.1 Å². The number of rotatable bonds is 7. The third-order valence-corrected chi connectivity index (χ3v) is 3.44. The summed E-state index contributed by atoms with van der Waals surface area (Å²) in [5.74, 6) is -0.0425. The van der Waals surface area contributed by atoms with Crippen molar-refractivity contribution in [1.82, 2.24) is 5.32 Å². The standard InChI is InChI=1S/C15H20F3NO/c1-11-4-2-3-5-14(11)12(8-19-13-6-7-13)9-20-10-15(16,17)18/h2-5,12-13,19H,6-10H2,1H3. The van der Waals surface area contributed by atoms with E-state index in [-0.39, 0.29) is 12.5 Å². The molecule has 0 amide bonds. The van der Waals surface area contributed by atoms with Gasteiger partial charge in [0.2, 0.25) is 0 Å². The largest absolute Gasteiger partial charge is 0.411 e. The lowest BCUT2D eigenvalue weighted by Gasteiger charge is -2.20. The summed E-state index contributed by atoms with van der Waals surface area (Å²) in [7, 11) is 0. The molecule has 1 atom stereocenters. The van der Waals surface area contributed by atoms with E-state index in [0.717, 1.165) is 24.0 Å². The summed E-state index contributed by atoms with van der Waals surface area (Å²) in [6, 6.07) is 8.32. The van der Waals surface area contributed by atoms with Gasteiger partial charge in [0, 0.05) is 18.5 Å². The maximum absolute atomic E-state index is 12.2. The van der Waals surface area contributed by atoms with Crippen LogP contribution in [-0.2, 0) is 4.74 Å². The lowest BCUT2D eigenvalue weighted by atomic mass is 9.95. The van der Waals surface area contributed by atoms with Crippen LogP contribution in [0.15, 0.2) is 24.3 Å². The number of alkyl halides is 3. The van der Waals surface area contributed by atoms with Gasteiger partial charge in [-0.15, -0.1) is 0 Å². The Kier molecular flexibility index (Phi) is 5.05. The molecule has 5 heteroatoms. The zero-order chi connectivity index (χ0) is 14.6. The Hall–Kier alpha value is -1.07. The number of nitrogens with one attached hydrogen (secondary N) is 1. The van der Waals surface area contributed by atoms with E-state index in [1.165, 1.54) is 0 Å². The van der Waals surface area contributed by atoms with Crippen molar-refractivity contribution in [2.45, 2.75) is 37.9 Å². The molecule has 1 aliphatic carbocycles. The summed E-state index contributed by atoms with van der Waals surface area (Å²) in [6.07, 6.45) is -1.95. The van der Waals surface area contributed by atoms with Crippen molar-refractivity contribution in [3.05, 3.63) is 35.4 Å². The van der Waals surface area contributed by atoms with Crippen LogP contribution in [0.5, 0.6) is 0 Å². The van der Waals surface area contributed by atoms with E-state index in [1.807, 2.05) is 31.2 Å². The van der Waals surface area contributed by atoms with E-state index in [2.05, 4.69) is 5.32 Å². The minimum Gasteiger partial charge on any atom is -0.371 e. The molecule has 0 radical (unpaired) electrons. The minimum absolute atomic E-state index is 0.0425. The highest BCUT2D eigenvalue weighted by Gasteiger charge is 2.29. The van der Waals surface area contributed by atoms with E-state index in [0.29, 0.717) is 12.6 Å². The van der Waals surface area contributed by atoms with Crippen LogP contribution < -0.4 is 5.32 Å². The molecule has 0 spiro atoms. The van der Waals surface area contributed by atoms with Gasteiger partial charge in [-0.25, -0.2) is 0 Å². The predicted octanol–water partition coefficient (Wildman–Crippen LogP) is 3.41. The van der Waals surface area contributed by atoms with E-state index in [9.17, 15) is 13.2 Å². The maximum atomic E-state index is 12.2. The molecule has 0 aliphatic heterocycles. The fraction of sp³-hybridized carbons (Fsp3) is 0.600. The van der Waals surface area contributed by atoms with Gasteiger partial charge in [-0.2, -0.15) is 13.2 Å². The summed E-state index contributed by atoms with van der Waals surface area (Å²) in [4.78, 5) is 0. The molecular formula is C15H20F3NO. The van der Waals surface area contributed by atoms with Crippen molar-refractivity contribution in [2.24, 2.45) is 0 Å². The first-order valence-corrected chi connectivity index (χ1v) is 6.89. The van der Waals surface area contributed by atoms with Crippen molar-refractivity contribution in [1.29, 1.82) is 0 Å². The highest BCUT2D eigenvalue weighted by molar-refractivity contribution is 5.29. The van der Waals surface area contributed by atoms with E-state index < -0.39 is 12.8 Å². The first kappa shape index (κ1) is 15.3. The molecule has 1 aromatic rings. The van der Waals surface area contributed by atoms with Crippen molar-refractivity contribution < 1.29 is 17.9 Å². The molecule has 0 heterocycles. The Morgan fingerprint density at radius 1 is 1.30 bits per heavy atom. The number of hydrogen-bond acceptors (Lipinski definition) is 2. The molecule has 1 N–H and O–H groups in total. The maximum Gasteiger partial charge on any atom is 0.411 e. The second-order valence-corrected chi connectivity index (χ2v) is 5.37. The number of benzene rings is 1. The molecule has 0 aromatic heterocycles. The van der Waals surface area contributed by atoms with Crippen LogP contribution in [-0.4, -0.2) is 32.0 Å². The van der Waals surface area contributed by atoms with Crippen LogP contribution in [0.2, 0.25) is 0 Å². The van der Waals surface area contributed by atoms with Gasteiger partial charge in [-0.1, -0.05) is 24.3 Å². The van der Waals surface area contributed by atoms with Gasteiger partial charge in [0.1, 0.15) is 6.61 Å². The Balaban J connectivity index is 1.94. The smallest absolute Gasteiger partial charge is 0.371 e. The zero-order valence-corrected chi connectivity index (χ0v) is 11.5. The van der Waals surface area contributed by atoms with Gasteiger partial charge in [0.15, 0.2) is 0 Å². The molecule has 112 valence electrons. The minimum atomic E-state index is -4.26. The van der Waals surface area contributed by atoms with Crippen molar-refractivity contribution in [3.8, 4) is 0 Å². The Morgan fingerprint density at radius 3 is 2.60 bits per heavy atom. The van der Waals surface area contributed by atoms with Crippen LogP contribution in [0.25, 0.3) is 0 Å². The number of aryl methyl sites for hydroxylation is 1. The molecule has 2 nitrogen and oxygen atoms in total. The monoisotopic (exact) mass is 287 g/mol. The van der Waals surface area contributed by atoms with Crippen LogP contribution in [0.4, 0.5) is 13.2 Å². The van der Waals surface area contributed by atoms with Crippen LogP contribution in [0, 0.1) is 6.92 Å². The molecule has 1 fully saturated rings. The Morgan fingerprint density at radius 2 is 2.00 bits per heavy atom. The first-order valence-electron chi connectivity index (χ1n) is 6.89. The third-order valence-electron chi connectivity index (χ3n) is 3.44. The second-order valence-electron chi connectivity index (χ2n) is 5.37. The second kappa shape index (κ2) is 6.59. The molecule has 1 aromatic carbocycles. The van der Waals surface area contributed by atoms with Gasteiger partial charge in [-0.3, -0.25) is 0 Å². The normalized spacial score (nSPS) is 17.2. The Labute approximate surface area is 117 Å². The fourth-order valence-electron chi connectivity index (χ4n) is 2.22. The van der Waals surface area contributed by atoms with Gasteiger partial charge in [0.25, 0.3) is 0 Å². The molecule has 1 saturated carbocycles. The summed E-state index contributed by atoms with van der Waals surface area (Å²) < 4.78 is 41.4. The van der Waals surface area contributed by atoms with Crippen LogP contribution >= 0.6 is 0 Å². The van der Waals surface area contributed by atoms with E-state index >= 15 is 0 Å². The molecule has 1 aliphatic rings. The zero-order valence-electron chi connectivity index (χ0n) is 11.5. The third kappa shape index (κ3) is 5.13. The van der Waals surface area contributed by atoms with Gasteiger partial charge in [0.05, 0.1) is 6.61 Å².